The van der Waals surface area contributed by atoms with Crippen LogP contribution in [0.25, 0.3) is 0 Å². The molecule has 3 amide bonds. The predicted molar refractivity (Wildman–Crippen MR) is 141 cm³/mol. The van der Waals surface area contributed by atoms with E-state index >= 15 is 0 Å². The molecule has 0 aromatic heterocycles. The fourth-order valence-electron chi connectivity index (χ4n) is 4.44. The minimum absolute atomic E-state index is 0.0294. The van der Waals surface area contributed by atoms with Gasteiger partial charge in [0.05, 0.1) is 21.7 Å². The van der Waals surface area contributed by atoms with Gasteiger partial charge in [0.25, 0.3) is 0 Å². The first-order valence-corrected chi connectivity index (χ1v) is 13.0. The third-order valence-electron chi connectivity index (χ3n) is 6.54. The molecular weight excluding hydrogens is 526 g/mol. The molecule has 10 heteroatoms. The van der Waals surface area contributed by atoms with E-state index in [9.17, 15) is 22.8 Å². The minimum Gasteiger partial charge on any atom is -0.339 e. The average Bonchev–Trinajstić information content (AvgIpc) is 2.83. The first-order valence-electron chi connectivity index (χ1n) is 12.2. The van der Waals surface area contributed by atoms with E-state index in [-0.39, 0.29) is 18.1 Å². The molecule has 0 spiro atoms. The molecular formula is C27H32Cl2F3N3O2. The Balaban J connectivity index is 1.87. The summed E-state index contributed by atoms with van der Waals surface area (Å²) in [4.78, 5) is 31.1. The van der Waals surface area contributed by atoms with Crippen LogP contribution < -0.4 is 4.90 Å². The molecule has 1 aliphatic rings. The van der Waals surface area contributed by atoms with Gasteiger partial charge in [0.1, 0.15) is 0 Å². The van der Waals surface area contributed by atoms with E-state index in [4.69, 9.17) is 23.2 Å². The van der Waals surface area contributed by atoms with Gasteiger partial charge in [-0.05, 0) is 67.1 Å². The van der Waals surface area contributed by atoms with E-state index in [1.54, 1.807) is 34.9 Å². The second-order valence-corrected chi connectivity index (χ2v) is 10.8. The normalized spacial score (nSPS) is 16.3. The Morgan fingerprint density at radius 1 is 1.08 bits per heavy atom. The quantitative estimate of drug-likeness (QED) is 0.381. The van der Waals surface area contributed by atoms with Gasteiger partial charge in [0.2, 0.25) is 5.91 Å². The van der Waals surface area contributed by atoms with Crippen molar-refractivity contribution in [3.8, 4) is 0 Å². The van der Waals surface area contributed by atoms with Crippen molar-refractivity contribution >= 4 is 40.8 Å². The molecule has 0 saturated carbocycles. The van der Waals surface area contributed by atoms with Gasteiger partial charge in [-0.25, -0.2) is 4.79 Å². The highest BCUT2D eigenvalue weighted by molar-refractivity contribution is 6.42. The van der Waals surface area contributed by atoms with E-state index < -0.39 is 23.8 Å². The Hall–Kier alpha value is -2.45. The van der Waals surface area contributed by atoms with Crippen molar-refractivity contribution in [2.45, 2.75) is 52.3 Å². The molecule has 1 aliphatic heterocycles. The highest BCUT2D eigenvalue weighted by Crippen LogP contribution is 2.33. The van der Waals surface area contributed by atoms with E-state index in [0.29, 0.717) is 47.5 Å². The lowest BCUT2D eigenvalue weighted by Gasteiger charge is -2.43. The molecule has 2 aromatic rings. The lowest BCUT2D eigenvalue weighted by Crippen LogP contribution is -2.59. The maximum absolute atomic E-state index is 13.6. The molecule has 202 valence electrons. The van der Waals surface area contributed by atoms with Crippen LogP contribution in [0.2, 0.25) is 10.0 Å². The van der Waals surface area contributed by atoms with E-state index in [2.05, 4.69) is 13.8 Å². The van der Waals surface area contributed by atoms with Crippen molar-refractivity contribution < 1.29 is 22.8 Å². The molecule has 1 fully saturated rings. The van der Waals surface area contributed by atoms with Crippen molar-refractivity contribution in [3.63, 3.8) is 0 Å². The smallest absolute Gasteiger partial charge is 0.339 e. The molecule has 1 heterocycles. The van der Waals surface area contributed by atoms with Gasteiger partial charge in [0, 0.05) is 38.8 Å². The average molecular weight is 558 g/mol. The van der Waals surface area contributed by atoms with Gasteiger partial charge in [-0.15, -0.1) is 0 Å². The number of urea groups is 1. The summed E-state index contributed by atoms with van der Waals surface area (Å²) in [7, 11) is 1.47. The highest BCUT2D eigenvalue weighted by Gasteiger charge is 2.36. The van der Waals surface area contributed by atoms with Crippen molar-refractivity contribution in [2.24, 2.45) is 5.92 Å². The zero-order chi connectivity index (χ0) is 27.5. The number of anilines is 1. The molecule has 0 radical (unpaired) electrons. The van der Waals surface area contributed by atoms with Crippen LogP contribution >= 0.6 is 23.2 Å². The summed E-state index contributed by atoms with van der Waals surface area (Å²) in [5.74, 6) is 0.421. The monoisotopic (exact) mass is 557 g/mol. The standard InChI is InChI=1S/C27H32Cl2F3N3O2/c1-17(2)5-8-25(36)34-9-10-35(22(16-34)13-19-6-7-23(28)24(29)14-19)26(37)33(4)21-12-18(3)11-20(15-21)27(30,31)32/h6-7,11-12,14-15,17,22H,5,8-10,13,16H2,1-4H3/t22-/m1/s1. The van der Waals surface area contributed by atoms with Crippen LogP contribution in [0.4, 0.5) is 23.7 Å². The molecule has 0 unspecified atom stereocenters. The maximum Gasteiger partial charge on any atom is 0.416 e. The Morgan fingerprint density at radius 2 is 1.78 bits per heavy atom. The molecule has 1 saturated heterocycles. The predicted octanol–water partition coefficient (Wildman–Crippen LogP) is 7.07. The number of halogens is 5. The third-order valence-corrected chi connectivity index (χ3v) is 7.27. The van der Waals surface area contributed by atoms with Crippen molar-refractivity contribution in [1.29, 1.82) is 0 Å². The number of nitrogens with zero attached hydrogens (tertiary/aromatic N) is 3. The number of rotatable bonds is 6. The second kappa shape index (κ2) is 11.9. The summed E-state index contributed by atoms with van der Waals surface area (Å²) >= 11 is 12.3. The summed E-state index contributed by atoms with van der Waals surface area (Å²) in [5.41, 5.74) is 0.583. The Morgan fingerprint density at radius 3 is 2.41 bits per heavy atom. The highest BCUT2D eigenvalue weighted by atomic mass is 35.5. The van der Waals surface area contributed by atoms with Gasteiger partial charge in [-0.2, -0.15) is 13.2 Å². The van der Waals surface area contributed by atoms with Crippen LogP contribution in [0.1, 0.15) is 43.4 Å². The van der Waals surface area contributed by atoms with Gasteiger partial charge < -0.3 is 9.80 Å². The summed E-state index contributed by atoms with van der Waals surface area (Å²) < 4.78 is 40.2. The summed E-state index contributed by atoms with van der Waals surface area (Å²) in [6.07, 6.45) is -2.92. The lowest BCUT2D eigenvalue weighted by atomic mass is 10.0. The van der Waals surface area contributed by atoms with E-state index in [1.807, 2.05) is 6.07 Å². The van der Waals surface area contributed by atoms with Gasteiger partial charge in [-0.3, -0.25) is 9.69 Å². The number of hydrogen-bond donors (Lipinski definition) is 0. The van der Waals surface area contributed by atoms with Gasteiger partial charge in [-0.1, -0.05) is 43.1 Å². The summed E-state index contributed by atoms with van der Waals surface area (Å²) in [6.45, 7) is 6.62. The van der Waals surface area contributed by atoms with Gasteiger partial charge >= 0.3 is 12.2 Å². The fourth-order valence-corrected chi connectivity index (χ4v) is 4.76. The Labute approximate surface area is 226 Å². The van der Waals surface area contributed by atoms with Crippen LogP contribution in [0.3, 0.4) is 0 Å². The number of amides is 3. The second-order valence-electron chi connectivity index (χ2n) is 9.97. The van der Waals surface area contributed by atoms with Crippen LogP contribution in [0.5, 0.6) is 0 Å². The first-order chi connectivity index (χ1) is 17.3. The number of benzene rings is 2. The molecule has 3 rings (SSSR count). The summed E-state index contributed by atoms with van der Waals surface area (Å²) in [5, 5.41) is 0.793. The zero-order valence-electron chi connectivity index (χ0n) is 21.4. The number of alkyl halides is 3. The fraction of sp³-hybridized carbons (Fsp3) is 0.481. The van der Waals surface area contributed by atoms with Crippen molar-refractivity contribution in [1.82, 2.24) is 9.80 Å². The molecule has 0 N–H and O–H groups in total. The van der Waals surface area contributed by atoms with Crippen molar-refractivity contribution in [3.05, 3.63) is 63.1 Å². The largest absolute Gasteiger partial charge is 0.416 e. The number of carbonyl (C=O) groups excluding carboxylic acids is 2. The number of piperazine rings is 1. The minimum atomic E-state index is -4.52. The molecule has 1 atom stereocenters. The SMILES string of the molecule is Cc1cc(N(C)C(=O)N2CCN(C(=O)CCC(C)C)C[C@H]2Cc2ccc(Cl)c(Cl)c2)cc(C(F)(F)F)c1. The van der Waals surface area contributed by atoms with Crippen LogP contribution in [-0.2, 0) is 17.4 Å². The molecule has 37 heavy (non-hydrogen) atoms. The lowest BCUT2D eigenvalue weighted by molar-refractivity contribution is -0.137. The van der Waals surface area contributed by atoms with Crippen LogP contribution in [0, 0.1) is 12.8 Å². The van der Waals surface area contributed by atoms with Gasteiger partial charge in [0.15, 0.2) is 0 Å². The number of hydrogen-bond acceptors (Lipinski definition) is 2. The summed E-state index contributed by atoms with van der Waals surface area (Å²) in [6, 6.07) is 7.97. The molecule has 5 nitrogen and oxygen atoms in total. The topological polar surface area (TPSA) is 43.9 Å². The number of carbonyl (C=O) groups is 2. The Kier molecular flexibility index (Phi) is 9.40. The van der Waals surface area contributed by atoms with Crippen LogP contribution in [-0.4, -0.2) is 54.5 Å². The van der Waals surface area contributed by atoms with E-state index in [1.165, 1.54) is 11.9 Å². The molecule has 0 bridgehead atoms. The zero-order valence-corrected chi connectivity index (χ0v) is 22.9. The van der Waals surface area contributed by atoms with E-state index in [0.717, 1.165) is 24.1 Å². The van der Waals surface area contributed by atoms with Crippen LogP contribution in [0.15, 0.2) is 36.4 Å². The maximum atomic E-state index is 13.6. The number of aryl methyl sites for hydroxylation is 1. The third kappa shape index (κ3) is 7.54. The molecule has 2 aromatic carbocycles. The van der Waals surface area contributed by atoms with Crippen molar-refractivity contribution in [2.75, 3.05) is 31.6 Å². The Bertz CT molecular complexity index is 1140. The first kappa shape index (κ1) is 29.1. The molecule has 0 aliphatic carbocycles.